The van der Waals surface area contributed by atoms with E-state index in [9.17, 15) is 4.79 Å². The van der Waals surface area contributed by atoms with E-state index in [1.807, 2.05) is 0 Å². The summed E-state index contributed by atoms with van der Waals surface area (Å²) in [6, 6.07) is 0.438. The molecule has 74 valence electrons. The van der Waals surface area contributed by atoms with Crippen molar-refractivity contribution in [1.82, 2.24) is 10.6 Å². The summed E-state index contributed by atoms with van der Waals surface area (Å²) in [4.78, 5) is 11.4. The highest BCUT2D eigenvalue weighted by molar-refractivity contribution is 5.76. The average molecular weight is 182 g/mol. The van der Waals surface area contributed by atoms with Gasteiger partial charge in [0.05, 0.1) is 0 Å². The lowest BCUT2D eigenvalue weighted by atomic mass is 10.1. The molecule has 13 heavy (non-hydrogen) atoms. The Balaban J connectivity index is 1.66. The Bertz CT molecular complexity index is 183. The Morgan fingerprint density at radius 2 is 1.92 bits per heavy atom. The first-order chi connectivity index (χ1) is 6.34. The fraction of sp³-hybridized carbons (Fsp3) is 0.900. The first-order valence-electron chi connectivity index (χ1n) is 5.34. The largest absolute Gasteiger partial charge is 0.353 e. The molecule has 1 aliphatic carbocycles. The second-order valence-corrected chi connectivity index (χ2v) is 4.24. The topological polar surface area (TPSA) is 41.1 Å². The van der Waals surface area contributed by atoms with Crippen molar-refractivity contribution >= 4 is 5.91 Å². The highest BCUT2D eigenvalue weighted by Gasteiger charge is 2.25. The second-order valence-electron chi connectivity index (χ2n) is 4.24. The van der Waals surface area contributed by atoms with Gasteiger partial charge in [-0.3, -0.25) is 4.79 Å². The minimum atomic E-state index is 0.273. The van der Waals surface area contributed by atoms with Crippen LogP contribution in [0.4, 0.5) is 0 Å². The summed E-state index contributed by atoms with van der Waals surface area (Å²) < 4.78 is 0. The fourth-order valence-corrected chi connectivity index (χ4v) is 1.84. The average Bonchev–Trinajstić information content (AvgIpc) is 2.90. The number of carbonyl (C=O) groups is 1. The Morgan fingerprint density at radius 1 is 1.23 bits per heavy atom. The smallest absolute Gasteiger partial charge is 0.220 e. The SMILES string of the molecule is O=C(CC1CC1)NC1CCNCC1. The third-order valence-corrected chi connectivity index (χ3v) is 2.88. The van der Waals surface area contributed by atoms with Gasteiger partial charge in [0.25, 0.3) is 0 Å². The molecular weight excluding hydrogens is 164 g/mol. The number of piperidine rings is 1. The van der Waals surface area contributed by atoms with Crippen molar-refractivity contribution in [3.05, 3.63) is 0 Å². The predicted molar refractivity (Wildman–Crippen MR) is 51.4 cm³/mol. The minimum absolute atomic E-state index is 0.273. The summed E-state index contributed by atoms with van der Waals surface area (Å²) in [5, 5.41) is 6.40. The van der Waals surface area contributed by atoms with Crippen LogP contribution in [0.15, 0.2) is 0 Å². The maximum absolute atomic E-state index is 11.4. The van der Waals surface area contributed by atoms with Gasteiger partial charge in [0.2, 0.25) is 5.91 Å². The molecule has 1 saturated heterocycles. The van der Waals surface area contributed by atoms with Crippen LogP contribution in [0, 0.1) is 5.92 Å². The number of hydrogen-bond acceptors (Lipinski definition) is 2. The van der Waals surface area contributed by atoms with Crippen LogP contribution < -0.4 is 10.6 Å². The molecule has 2 fully saturated rings. The lowest BCUT2D eigenvalue weighted by Crippen LogP contribution is -2.42. The maximum atomic E-state index is 11.4. The molecule has 2 rings (SSSR count). The summed E-state index contributed by atoms with van der Waals surface area (Å²) in [7, 11) is 0. The van der Waals surface area contributed by atoms with Gasteiger partial charge in [-0.05, 0) is 44.7 Å². The molecule has 1 aliphatic heterocycles. The number of carbonyl (C=O) groups excluding carboxylic acids is 1. The van der Waals surface area contributed by atoms with Crippen LogP contribution in [-0.4, -0.2) is 25.0 Å². The van der Waals surface area contributed by atoms with Crippen LogP contribution >= 0.6 is 0 Å². The van der Waals surface area contributed by atoms with Gasteiger partial charge in [-0.15, -0.1) is 0 Å². The molecular formula is C10H18N2O. The van der Waals surface area contributed by atoms with Gasteiger partial charge in [-0.1, -0.05) is 0 Å². The van der Waals surface area contributed by atoms with E-state index >= 15 is 0 Å². The van der Waals surface area contributed by atoms with Crippen LogP contribution in [0.5, 0.6) is 0 Å². The van der Waals surface area contributed by atoms with Crippen molar-refractivity contribution in [2.75, 3.05) is 13.1 Å². The molecule has 3 nitrogen and oxygen atoms in total. The van der Waals surface area contributed by atoms with Crippen molar-refractivity contribution in [1.29, 1.82) is 0 Å². The second kappa shape index (κ2) is 4.09. The Morgan fingerprint density at radius 3 is 2.54 bits per heavy atom. The molecule has 0 radical (unpaired) electrons. The standard InChI is InChI=1S/C10H18N2O/c13-10(7-8-1-2-8)12-9-3-5-11-6-4-9/h8-9,11H,1-7H2,(H,12,13). The van der Waals surface area contributed by atoms with Gasteiger partial charge in [0, 0.05) is 12.5 Å². The predicted octanol–water partition coefficient (Wildman–Crippen LogP) is 0.655. The van der Waals surface area contributed by atoms with Crippen molar-refractivity contribution in [2.24, 2.45) is 5.92 Å². The molecule has 2 aliphatic rings. The lowest BCUT2D eigenvalue weighted by molar-refractivity contribution is -0.122. The van der Waals surface area contributed by atoms with E-state index in [2.05, 4.69) is 10.6 Å². The Kier molecular flexibility index (Phi) is 2.83. The Hall–Kier alpha value is -0.570. The molecule has 0 aromatic heterocycles. The van der Waals surface area contributed by atoms with Crippen molar-refractivity contribution in [2.45, 2.75) is 38.1 Å². The highest BCUT2D eigenvalue weighted by atomic mass is 16.1. The van der Waals surface area contributed by atoms with Crippen LogP contribution in [0.3, 0.4) is 0 Å². The summed E-state index contributed by atoms with van der Waals surface area (Å²) in [5.41, 5.74) is 0. The first kappa shape index (κ1) is 9.00. The van der Waals surface area contributed by atoms with E-state index in [4.69, 9.17) is 0 Å². The zero-order valence-corrected chi connectivity index (χ0v) is 8.01. The summed E-state index contributed by atoms with van der Waals surface area (Å²) in [5.74, 6) is 0.983. The van der Waals surface area contributed by atoms with Crippen molar-refractivity contribution in [3.8, 4) is 0 Å². The molecule has 1 saturated carbocycles. The van der Waals surface area contributed by atoms with Crippen LogP contribution in [-0.2, 0) is 4.79 Å². The number of rotatable bonds is 3. The fourth-order valence-electron chi connectivity index (χ4n) is 1.84. The van der Waals surface area contributed by atoms with Crippen molar-refractivity contribution in [3.63, 3.8) is 0 Å². The molecule has 0 bridgehead atoms. The van der Waals surface area contributed by atoms with Crippen LogP contribution in [0.2, 0.25) is 0 Å². The van der Waals surface area contributed by atoms with E-state index in [0.29, 0.717) is 12.0 Å². The number of nitrogens with one attached hydrogen (secondary N) is 2. The molecule has 0 aromatic carbocycles. The van der Waals surface area contributed by atoms with Gasteiger partial charge in [-0.2, -0.15) is 0 Å². The third kappa shape index (κ3) is 2.99. The van der Waals surface area contributed by atoms with E-state index in [1.54, 1.807) is 0 Å². The van der Waals surface area contributed by atoms with E-state index < -0.39 is 0 Å². The van der Waals surface area contributed by atoms with Gasteiger partial charge < -0.3 is 10.6 Å². The molecule has 3 heteroatoms. The zero-order chi connectivity index (χ0) is 9.10. The summed E-state index contributed by atoms with van der Waals surface area (Å²) in [6.07, 6.45) is 5.48. The van der Waals surface area contributed by atoms with Crippen molar-refractivity contribution < 1.29 is 4.79 Å². The van der Waals surface area contributed by atoms with E-state index in [-0.39, 0.29) is 5.91 Å². The quantitative estimate of drug-likeness (QED) is 0.673. The molecule has 1 heterocycles. The zero-order valence-electron chi connectivity index (χ0n) is 8.01. The first-order valence-corrected chi connectivity index (χ1v) is 5.34. The van der Waals surface area contributed by atoms with Gasteiger partial charge >= 0.3 is 0 Å². The summed E-state index contributed by atoms with van der Waals surface area (Å²) >= 11 is 0. The third-order valence-electron chi connectivity index (χ3n) is 2.88. The minimum Gasteiger partial charge on any atom is -0.353 e. The number of amides is 1. The van der Waals surface area contributed by atoms with E-state index in [0.717, 1.165) is 32.4 Å². The molecule has 1 amide bonds. The molecule has 0 unspecified atom stereocenters. The van der Waals surface area contributed by atoms with E-state index in [1.165, 1.54) is 12.8 Å². The Labute approximate surface area is 79.3 Å². The highest BCUT2D eigenvalue weighted by Crippen LogP contribution is 2.32. The molecule has 0 spiro atoms. The molecule has 0 aromatic rings. The summed E-state index contributed by atoms with van der Waals surface area (Å²) in [6.45, 7) is 2.10. The van der Waals surface area contributed by atoms with Crippen LogP contribution in [0.25, 0.3) is 0 Å². The van der Waals surface area contributed by atoms with Crippen LogP contribution in [0.1, 0.15) is 32.1 Å². The normalized spacial score (nSPS) is 24.3. The van der Waals surface area contributed by atoms with Gasteiger partial charge in [-0.25, -0.2) is 0 Å². The lowest BCUT2D eigenvalue weighted by Gasteiger charge is -2.23. The molecule has 2 N–H and O–H groups in total. The monoisotopic (exact) mass is 182 g/mol. The number of hydrogen-bond donors (Lipinski definition) is 2. The molecule has 0 atom stereocenters. The van der Waals surface area contributed by atoms with Gasteiger partial charge in [0.1, 0.15) is 0 Å². The van der Waals surface area contributed by atoms with Gasteiger partial charge in [0.15, 0.2) is 0 Å². The maximum Gasteiger partial charge on any atom is 0.220 e.